The number of rotatable bonds is 5. The predicted molar refractivity (Wildman–Crippen MR) is 59.8 cm³/mol. The molecular weight excluding hydrogens is 192 g/mol. The van der Waals surface area contributed by atoms with Crippen LogP contribution < -0.4 is 5.32 Å². The Morgan fingerprint density at radius 3 is 2.60 bits per heavy atom. The van der Waals surface area contributed by atoms with Gasteiger partial charge in [0, 0.05) is 6.04 Å². The van der Waals surface area contributed by atoms with Gasteiger partial charge >= 0.3 is 5.97 Å². The molecule has 1 aliphatic carbocycles. The molecule has 0 radical (unpaired) electrons. The lowest BCUT2D eigenvalue weighted by Gasteiger charge is -2.27. The van der Waals surface area contributed by atoms with E-state index in [0.29, 0.717) is 11.9 Å². The molecule has 0 aromatic carbocycles. The minimum absolute atomic E-state index is 0.226. The van der Waals surface area contributed by atoms with Crippen molar-refractivity contribution in [3.63, 3.8) is 0 Å². The Labute approximate surface area is 89.4 Å². The fourth-order valence-corrected chi connectivity index (χ4v) is 1.31. The van der Waals surface area contributed by atoms with E-state index in [1.54, 1.807) is 6.92 Å². The molecule has 0 heterocycles. The van der Waals surface area contributed by atoms with Crippen molar-refractivity contribution in [1.29, 1.82) is 0 Å². The molecule has 1 rings (SSSR count). The maximum atomic E-state index is 10.7. The maximum Gasteiger partial charge on any atom is 0.335 e. The number of nitrogens with one attached hydrogen (secondary N) is 1. The van der Waals surface area contributed by atoms with Gasteiger partial charge in [-0.25, -0.2) is 9.79 Å². The molecule has 0 aromatic rings. The summed E-state index contributed by atoms with van der Waals surface area (Å²) in [6.45, 7) is 5.10. The van der Waals surface area contributed by atoms with Crippen LogP contribution in [0.4, 0.5) is 0 Å². The highest BCUT2D eigenvalue weighted by Crippen LogP contribution is 2.19. The first-order chi connectivity index (χ1) is 7.17. The molecule has 0 saturated heterocycles. The van der Waals surface area contributed by atoms with Crippen molar-refractivity contribution in [3.8, 4) is 0 Å². The Balaban J connectivity index is 2.66. The van der Waals surface area contributed by atoms with Gasteiger partial charge in [0.05, 0.1) is 5.57 Å². The summed E-state index contributed by atoms with van der Waals surface area (Å²) in [5.74, 6) is -0.413. The lowest BCUT2D eigenvalue weighted by molar-refractivity contribution is -0.132. The normalized spacial score (nSPS) is 18.2. The zero-order valence-electron chi connectivity index (χ0n) is 8.86. The lowest BCUT2D eigenvalue weighted by Crippen LogP contribution is -2.34. The van der Waals surface area contributed by atoms with Crippen LogP contribution in [0.3, 0.4) is 0 Å². The number of carbonyl (C=O) groups is 1. The highest BCUT2D eigenvalue weighted by Gasteiger charge is 2.17. The van der Waals surface area contributed by atoms with E-state index in [9.17, 15) is 4.79 Å². The van der Waals surface area contributed by atoms with E-state index in [2.05, 4.69) is 17.0 Å². The molecule has 82 valence electrons. The number of carboxylic acids is 1. The van der Waals surface area contributed by atoms with E-state index in [0.717, 1.165) is 12.8 Å². The smallest absolute Gasteiger partial charge is 0.335 e. The number of aliphatic carboxylic acids is 1. The van der Waals surface area contributed by atoms with Crippen LogP contribution in [0, 0.1) is 0 Å². The van der Waals surface area contributed by atoms with E-state index < -0.39 is 5.97 Å². The number of carboxylic acid groups (broad SMARTS) is 1. The second-order valence-corrected chi connectivity index (χ2v) is 3.51. The van der Waals surface area contributed by atoms with E-state index in [1.807, 2.05) is 0 Å². The van der Waals surface area contributed by atoms with Crippen LogP contribution in [0.15, 0.2) is 28.5 Å². The van der Waals surface area contributed by atoms with Gasteiger partial charge in [-0.05, 0) is 39.0 Å². The summed E-state index contributed by atoms with van der Waals surface area (Å²) in [4.78, 5) is 14.5. The topological polar surface area (TPSA) is 61.7 Å². The first-order valence-corrected chi connectivity index (χ1v) is 5.02. The van der Waals surface area contributed by atoms with E-state index in [4.69, 9.17) is 5.11 Å². The fraction of sp³-hybridized carbons (Fsp3) is 0.455. The van der Waals surface area contributed by atoms with Crippen molar-refractivity contribution in [2.75, 3.05) is 0 Å². The largest absolute Gasteiger partial charge is 0.478 e. The minimum atomic E-state index is -0.950. The first-order valence-electron chi connectivity index (χ1n) is 5.02. The third kappa shape index (κ3) is 3.23. The average molecular weight is 208 g/mol. The molecule has 0 bridgehead atoms. The molecule has 15 heavy (non-hydrogen) atoms. The second kappa shape index (κ2) is 5.34. The summed E-state index contributed by atoms with van der Waals surface area (Å²) < 4.78 is 0. The zero-order chi connectivity index (χ0) is 11.3. The van der Waals surface area contributed by atoms with Gasteiger partial charge in [0.1, 0.15) is 5.82 Å². The monoisotopic (exact) mass is 208 g/mol. The highest BCUT2D eigenvalue weighted by molar-refractivity contribution is 5.89. The van der Waals surface area contributed by atoms with Crippen LogP contribution in [-0.2, 0) is 4.79 Å². The molecule has 0 atom stereocenters. The molecule has 0 spiro atoms. The zero-order valence-corrected chi connectivity index (χ0v) is 8.86. The van der Waals surface area contributed by atoms with Gasteiger partial charge in [0.15, 0.2) is 0 Å². The van der Waals surface area contributed by atoms with Gasteiger partial charge in [0.25, 0.3) is 0 Å². The van der Waals surface area contributed by atoms with Crippen LogP contribution in [0.1, 0.15) is 26.2 Å². The van der Waals surface area contributed by atoms with Gasteiger partial charge in [0.2, 0.25) is 0 Å². The number of aliphatic imine (C=N–C) groups is 1. The molecule has 0 aromatic heterocycles. The standard InChI is InChI=1S/C11H16N2O2/c1-3-8(11(14)15)7-10(12-2)13-9-5-4-6-9/h3,7,9,13H,2,4-6H2,1H3,(H,14,15)/b8-3+,10-7+. The van der Waals surface area contributed by atoms with Crippen molar-refractivity contribution in [2.45, 2.75) is 32.2 Å². The molecule has 4 heteroatoms. The third-order valence-corrected chi connectivity index (χ3v) is 2.48. The summed E-state index contributed by atoms with van der Waals surface area (Å²) >= 11 is 0. The third-order valence-electron chi connectivity index (χ3n) is 2.48. The summed E-state index contributed by atoms with van der Waals surface area (Å²) in [7, 11) is 0. The molecule has 2 N–H and O–H groups in total. The van der Waals surface area contributed by atoms with Crippen molar-refractivity contribution < 1.29 is 9.90 Å². The number of hydrogen-bond donors (Lipinski definition) is 2. The van der Waals surface area contributed by atoms with Gasteiger partial charge in [-0.15, -0.1) is 0 Å². The maximum absolute atomic E-state index is 10.7. The van der Waals surface area contributed by atoms with Crippen LogP contribution in [-0.4, -0.2) is 23.8 Å². The summed E-state index contributed by atoms with van der Waals surface area (Å²) in [6.07, 6.45) is 6.50. The summed E-state index contributed by atoms with van der Waals surface area (Å²) in [5, 5.41) is 12.0. The fourth-order valence-electron chi connectivity index (χ4n) is 1.31. The minimum Gasteiger partial charge on any atom is -0.478 e. The molecule has 0 unspecified atom stereocenters. The van der Waals surface area contributed by atoms with Gasteiger partial charge in [-0.1, -0.05) is 6.08 Å². The molecule has 0 aliphatic heterocycles. The quantitative estimate of drug-likeness (QED) is 0.410. The number of allylic oxidation sites excluding steroid dienone is 1. The average Bonchev–Trinajstić information content (AvgIpc) is 2.15. The molecule has 1 fully saturated rings. The highest BCUT2D eigenvalue weighted by atomic mass is 16.4. The van der Waals surface area contributed by atoms with Gasteiger partial charge < -0.3 is 10.4 Å². The Morgan fingerprint density at radius 2 is 2.27 bits per heavy atom. The Morgan fingerprint density at radius 1 is 1.60 bits per heavy atom. The van der Waals surface area contributed by atoms with Crippen molar-refractivity contribution in [2.24, 2.45) is 4.99 Å². The predicted octanol–water partition coefficient (Wildman–Crippen LogP) is 1.70. The van der Waals surface area contributed by atoms with Gasteiger partial charge in [-0.2, -0.15) is 0 Å². The van der Waals surface area contributed by atoms with E-state index in [-0.39, 0.29) is 5.57 Å². The van der Waals surface area contributed by atoms with E-state index in [1.165, 1.54) is 18.6 Å². The Kier molecular flexibility index (Phi) is 4.09. The number of nitrogens with zero attached hydrogens (tertiary/aromatic N) is 1. The van der Waals surface area contributed by atoms with Crippen LogP contribution >= 0.6 is 0 Å². The SMILES string of the molecule is C=N/C(=C\C(=C/C)C(=O)O)NC1CCC1. The lowest BCUT2D eigenvalue weighted by atomic mass is 9.93. The second-order valence-electron chi connectivity index (χ2n) is 3.51. The van der Waals surface area contributed by atoms with Crippen molar-refractivity contribution >= 4 is 12.7 Å². The number of hydrogen-bond acceptors (Lipinski definition) is 3. The molecule has 4 nitrogen and oxygen atoms in total. The van der Waals surface area contributed by atoms with Gasteiger partial charge in [-0.3, -0.25) is 0 Å². The molecule has 0 amide bonds. The van der Waals surface area contributed by atoms with E-state index >= 15 is 0 Å². The molecule has 1 aliphatic rings. The van der Waals surface area contributed by atoms with Crippen LogP contribution in [0.5, 0.6) is 0 Å². The summed E-state index contributed by atoms with van der Waals surface area (Å²) in [5.41, 5.74) is 0.226. The van der Waals surface area contributed by atoms with Crippen LogP contribution in [0.2, 0.25) is 0 Å². The van der Waals surface area contributed by atoms with Crippen molar-refractivity contribution in [1.82, 2.24) is 5.32 Å². The first kappa shape index (κ1) is 11.5. The Hall–Kier alpha value is -1.58. The molecular formula is C11H16N2O2. The van der Waals surface area contributed by atoms with Crippen LogP contribution in [0.25, 0.3) is 0 Å². The molecule has 1 saturated carbocycles. The Bertz CT molecular complexity index is 315. The van der Waals surface area contributed by atoms with Crippen molar-refractivity contribution in [3.05, 3.63) is 23.5 Å². The summed E-state index contributed by atoms with van der Waals surface area (Å²) in [6, 6.07) is 0.425.